The van der Waals surface area contributed by atoms with Crippen molar-refractivity contribution in [3.63, 3.8) is 0 Å². The van der Waals surface area contributed by atoms with E-state index in [9.17, 15) is 0 Å². The van der Waals surface area contributed by atoms with Crippen molar-refractivity contribution in [3.05, 3.63) is 70.8 Å². The van der Waals surface area contributed by atoms with Crippen LogP contribution in [0, 0.1) is 0 Å². The molecule has 0 atom stereocenters. The van der Waals surface area contributed by atoms with E-state index >= 15 is 0 Å². The maximum absolute atomic E-state index is 5.73. The summed E-state index contributed by atoms with van der Waals surface area (Å²) in [7, 11) is 0. The summed E-state index contributed by atoms with van der Waals surface area (Å²) in [4.78, 5) is 7.26. The normalized spacial score (nSPS) is 15.2. The lowest BCUT2D eigenvalue weighted by Crippen LogP contribution is -2.38. The number of ether oxygens (including phenoxy) is 2. The van der Waals surface area contributed by atoms with E-state index in [4.69, 9.17) is 14.5 Å². The molecule has 1 saturated heterocycles. The largest absolute Gasteiger partial charge is 0.379 e. The molecule has 2 aromatic rings. The molecule has 1 fully saturated rings. The monoisotopic (exact) mass is 438 g/mol. The molecule has 6 nitrogen and oxygen atoms in total. The zero-order chi connectivity index (χ0) is 22.6. The number of aliphatic imine (C=N–C) groups is 1. The van der Waals surface area contributed by atoms with Crippen LogP contribution in [-0.2, 0) is 35.7 Å². The first-order valence-electron chi connectivity index (χ1n) is 11.7. The zero-order valence-corrected chi connectivity index (χ0v) is 19.8. The average molecular weight is 439 g/mol. The van der Waals surface area contributed by atoms with Crippen molar-refractivity contribution in [2.75, 3.05) is 32.8 Å². The molecule has 0 saturated carbocycles. The Kier molecular flexibility index (Phi) is 10.0. The Balaban J connectivity index is 1.60. The van der Waals surface area contributed by atoms with Crippen LogP contribution in [0.1, 0.15) is 43.0 Å². The third kappa shape index (κ3) is 8.26. The highest BCUT2D eigenvalue weighted by Crippen LogP contribution is 2.13. The molecule has 0 bridgehead atoms. The van der Waals surface area contributed by atoms with Gasteiger partial charge in [0.1, 0.15) is 0 Å². The number of morpholine rings is 1. The predicted molar refractivity (Wildman–Crippen MR) is 131 cm³/mol. The lowest BCUT2D eigenvalue weighted by atomic mass is 10.1. The third-order valence-electron chi connectivity index (χ3n) is 5.40. The molecule has 1 aliphatic heterocycles. The molecule has 0 aliphatic carbocycles. The zero-order valence-electron chi connectivity index (χ0n) is 19.8. The molecule has 6 heteroatoms. The van der Waals surface area contributed by atoms with Crippen LogP contribution in [0.25, 0.3) is 0 Å². The smallest absolute Gasteiger partial charge is 0.191 e. The van der Waals surface area contributed by atoms with Crippen LogP contribution in [0.4, 0.5) is 0 Å². The van der Waals surface area contributed by atoms with Crippen LogP contribution in [0.3, 0.4) is 0 Å². The second-order valence-electron chi connectivity index (χ2n) is 8.39. The van der Waals surface area contributed by atoms with Gasteiger partial charge in [-0.1, -0.05) is 48.5 Å². The number of guanidine groups is 1. The standard InChI is InChI=1S/C26H38N4O2/c1-4-27-26(28-17-22-8-7-9-23(16-22)20-32-21(2)3)29-18-24-10-5-6-11-25(24)19-30-12-14-31-15-13-30/h5-11,16,21H,4,12-15,17-20H2,1-3H3,(H2,27,28,29). The van der Waals surface area contributed by atoms with E-state index in [1.807, 2.05) is 0 Å². The molecule has 2 aromatic carbocycles. The van der Waals surface area contributed by atoms with Crippen molar-refractivity contribution >= 4 is 5.96 Å². The molecule has 1 aliphatic rings. The van der Waals surface area contributed by atoms with Gasteiger partial charge in [-0.15, -0.1) is 0 Å². The molecular formula is C26H38N4O2. The van der Waals surface area contributed by atoms with E-state index in [1.165, 1.54) is 22.3 Å². The van der Waals surface area contributed by atoms with Crippen LogP contribution in [0.5, 0.6) is 0 Å². The summed E-state index contributed by atoms with van der Waals surface area (Å²) in [6.45, 7) is 13.6. The summed E-state index contributed by atoms with van der Waals surface area (Å²) < 4.78 is 11.2. The first-order valence-corrected chi connectivity index (χ1v) is 11.7. The van der Waals surface area contributed by atoms with Crippen LogP contribution >= 0.6 is 0 Å². The minimum absolute atomic E-state index is 0.229. The van der Waals surface area contributed by atoms with E-state index in [1.54, 1.807) is 0 Å². The average Bonchev–Trinajstić information content (AvgIpc) is 2.81. The van der Waals surface area contributed by atoms with Gasteiger partial charge >= 0.3 is 0 Å². The van der Waals surface area contributed by atoms with Crippen LogP contribution in [-0.4, -0.2) is 49.8 Å². The third-order valence-corrected chi connectivity index (χ3v) is 5.40. The van der Waals surface area contributed by atoms with E-state index in [0.29, 0.717) is 13.2 Å². The fraction of sp³-hybridized carbons (Fsp3) is 0.500. The second-order valence-corrected chi connectivity index (χ2v) is 8.39. The molecule has 0 amide bonds. The quantitative estimate of drug-likeness (QED) is 0.438. The summed E-state index contributed by atoms with van der Waals surface area (Å²) in [6.07, 6.45) is 0.229. The molecule has 1 heterocycles. The van der Waals surface area contributed by atoms with Crippen molar-refractivity contribution < 1.29 is 9.47 Å². The highest BCUT2D eigenvalue weighted by atomic mass is 16.5. The van der Waals surface area contributed by atoms with E-state index < -0.39 is 0 Å². The van der Waals surface area contributed by atoms with Crippen molar-refractivity contribution in [2.24, 2.45) is 4.99 Å². The van der Waals surface area contributed by atoms with Gasteiger partial charge in [0, 0.05) is 32.7 Å². The topological polar surface area (TPSA) is 58.1 Å². The Morgan fingerprint density at radius 3 is 2.53 bits per heavy atom. The molecule has 32 heavy (non-hydrogen) atoms. The summed E-state index contributed by atoms with van der Waals surface area (Å²) in [6, 6.07) is 17.1. The summed E-state index contributed by atoms with van der Waals surface area (Å²) >= 11 is 0. The molecule has 2 N–H and O–H groups in total. The van der Waals surface area contributed by atoms with Crippen molar-refractivity contribution in [2.45, 2.75) is 53.1 Å². The summed E-state index contributed by atoms with van der Waals surface area (Å²) in [5, 5.41) is 6.88. The van der Waals surface area contributed by atoms with Gasteiger partial charge in [-0.25, -0.2) is 4.99 Å². The van der Waals surface area contributed by atoms with Crippen molar-refractivity contribution in [1.82, 2.24) is 15.5 Å². The summed E-state index contributed by atoms with van der Waals surface area (Å²) in [5.41, 5.74) is 5.02. The molecule has 0 aromatic heterocycles. The number of nitrogens with zero attached hydrogens (tertiary/aromatic N) is 2. The van der Waals surface area contributed by atoms with Gasteiger partial charge in [0.05, 0.1) is 32.5 Å². The Hall–Kier alpha value is -2.41. The molecule has 0 spiro atoms. The van der Waals surface area contributed by atoms with Gasteiger partial charge in [0.25, 0.3) is 0 Å². The van der Waals surface area contributed by atoms with Crippen LogP contribution < -0.4 is 10.6 Å². The number of rotatable bonds is 10. The van der Waals surface area contributed by atoms with E-state index in [0.717, 1.165) is 51.9 Å². The van der Waals surface area contributed by atoms with Gasteiger partial charge in [0.15, 0.2) is 5.96 Å². The minimum atomic E-state index is 0.229. The fourth-order valence-corrected chi connectivity index (χ4v) is 3.66. The number of hydrogen-bond acceptors (Lipinski definition) is 4. The van der Waals surface area contributed by atoms with Crippen molar-refractivity contribution in [1.29, 1.82) is 0 Å². The first-order chi connectivity index (χ1) is 15.6. The highest BCUT2D eigenvalue weighted by molar-refractivity contribution is 5.79. The maximum atomic E-state index is 5.73. The number of hydrogen-bond donors (Lipinski definition) is 2. The molecule has 0 radical (unpaired) electrons. The lowest BCUT2D eigenvalue weighted by Gasteiger charge is -2.27. The maximum Gasteiger partial charge on any atom is 0.191 e. The van der Waals surface area contributed by atoms with E-state index in [-0.39, 0.29) is 6.10 Å². The Morgan fingerprint density at radius 1 is 1.03 bits per heavy atom. The molecular weight excluding hydrogens is 400 g/mol. The number of benzene rings is 2. The Morgan fingerprint density at radius 2 is 1.78 bits per heavy atom. The minimum Gasteiger partial charge on any atom is -0.379 e. The SMILES string of the molecule is CCNC(=NCc1cccc(COC(C)C)c1)NCc1ccccc1CN1CCOCC1. The van der Waals surface area contributed by atoms with E-state index in [2.05, 4.69) is 84.8 Å². The highest BCUT2D eigenvalue weighted by Gasteiger charge is 2.12. The van der Waals surface area contributed by atoms with Crippen LogP contribution in [0.2, 0.25) is 0 Å². The number of nitrogens with one attached hydrogen (secondary N) is 2. The Bertz CT molecular complexity index is 847. The van der Waals surface area contributed by atoms with Gasteiger partial charge < -0.3 is 20.1 Å². The molecule has 0 unspecified atom stereocenters. The van der Waals surface area contributed by atoms with Gasteiger partial charge in [-0.3, -0.25) is 4.90 Å². The van der Waals surface area contributed by atoms with Gasteiger partial charge in [-0.2, -0.15) is 0 Å². The predicted octanol–water partition coefficient (Wildman–Crippen LogP) is 3.70. The Labute approximate surface area is 193 Å². The first kappa shape index (κ1) is 24.2. The molecule has 3 rings (SSSR count). The fourth-order valence-electron chi connectivity index (χ4n) is 3.66. The van der Waals surface area contributed by atoms with Gasteiger partial charge in [0.2, 0.25) is 0 Å². The van der Waals surface area contributed by atoms with Crippen LogP contribution in [0.15, 0.2) is 53.5 Å². The molecule has 174 valence electrons. The second kappa shape index (κ2) is 13.2. The lowest BCUT2D eigenvalue weighted by molar-refractivity contribution is 0.0341. The summed E-state index contributed by atoms with van der Waals surface area (Å²) in [5.74, 6) is 0.831. The van der Waals surface area contributed by atoms with Gasteiger partial charge in [-0.05, 0) is 43.0 Å². The van der Waals surface area contributed by atoms with Crippen molar-refractivity contribution in [3.8, 4) is 0 Å².